The fourth-order valence-corrected chi connectivity index (χ4v) is 5.57. The molecule has 0 atom stereocenters. The largest absolute Gasteiger partial charge is 0.0622 e. The van der Waals surface area contributed by atoms with Crippen molar-refractivity contribution in [2.75, 3.05) is 0 Å². The minimum absolute atomic E-state index is 1.26. The number of hydrogen-bond donors (Lipinski definition) is 0. The fraction of sp³-hybridized carbons (Fsp3) is 0. The van der Waals surface area contributed by atoms with Crippen molar-refractivity contribution < 1.29 is 0 Å². The third-order valence-corrected chi connectivity index (χ3v) is 7.04. The molecule has 0 spiro atoms. The summed E-state index contributed by atoms with van der Waals surface area (Å²) in [7, 11) is 0. The molecule has 34 heavy (non-hydrogen) atoms. The van der Waals surface area contributed by atoms with Crippen molar-refractivity contribution in [2.24, 2.45) is 0 Å². The molecule has 1 aliphatic carbocycles. The van der Waals surface area contributed by atoms with Gasteiger partial charge in [0.2, 0.25) is 0 Å². The highest BCUT2D eigenvalue weighted by molar-refractivity contribution is 6.23. The van der Waals surface area contributed by atoms with Crippen LogP contribution in [0.1, 0.15) is 0 Å². The summed E-state index contributed by atoms with van der Waals surface area (Å²) in [5.41, 5.74) is 13.0. The molecule has 0 heterocycles. The van der Waals surface area contributed by atoms with Gasteiger partial charge in [-0.1, -0.05) is 133 Å². The highest BCUT2D eigenvalue weighted by Gasteiger charge is 2.28. The Morgan fingerprint density at radius 2 is 0.676 bits per heavy atom. The highest BCUT2D eigenvalue weighted by Crippen LogP contribution is 2.55. The Hall–Kier alpha value is -4.42. The maximum absolute atomic E-state index is 2.33. The summed E-state index contributed by atoms with van der Waals surface area (Å²) in [6.07, 6.45) is 0. The highest BCUT2D eigenvalue weighted by atomic mass is 14.3. The van der Waals surface area contributed by atoms with E-state index >= 15 is 0 Å². The lowest BCUT2D eigenvalue weighted by Gasteiger charge is -2.15. The van der Waals surface area contributed by atoms with Gasteiger partial charge < -0.3 is 0 Å². The van der Waals surface area contributed by atoms with E-state index < -0.39 is 0 Å². The summed E-state index contributed by atoms with van der Waals surface area (Å²) in [6, 6.07) is 48.3. The van der Waals surface area contributed by atoms with Crippen LogP contribution in [0.3, 0.4) is 0 Å². The molecule has 0 amide bonds. The summed E-state index contributed by atoms with van der Waals surface area (Å²) in [5, 5.41) is 2.68. The Kier molecular flexibility index (Phi) is 4.25. The molecule has 0 saturated heterocycles. The summed E-state index contributed by atoms with van der Waals surface area (Å²) in [5.74, 6) is 0. The quantitative estimate of drug-likeness (QED) is 0.262. The van der Waals surface area contributed by atoms with Gasteiger partial charge in [0.1, 0.15) is 0 Å². The predicted molar refractivity (Wildman–Crippen MR) is 145 cm³/mol. The molecule has 0 unspecified atom stereocenters. The SMILES string of the molecule is c1ccc(-c2ccc(-c3ccccc3)c3c2-c2cccc4c(-c5ccccc5)ccc-3c24)cc1. The minimum atomic E-state index is 1.26. The Morgan fingerprint density at radius 3 is 1.21 bits per heavy atom. The molecular formula is C34H22. The van der Waals surface area contributed by atoms with Crippen molar-refractivity contribution in [3.63, 3.8) is 0 Å². The van der Waals surface area contributed by atoms with E-state index in [0.717, 1.165) is 0 Å². The summed E-state index contributed by atoms with van der Waals surface area (Å²) >= 11 is 0. The number of hydrogen-bond acceptors (Lipinski definition) is 0. The third kappa shape index (κ3) is 2.79. The first-order valence-corrected chi connectivity index (χ1v) is 11.8. The Morgan fingerprint density at radius 1 is 0.265 bits per heavy atom. The van der Waals surface area contributed by atoms with E-state index in [1.54, 1.807) is 0 Å². The normalized spacial score (nSPS) is 11.5. The first-order valence-electron chi connectivity index (χ1n) is 11.8. The van der Waals surface area contributed by atoms with E-state index in [1.165, 1.54) is 66.4 Å². The average Bonchev–Trinajstić information content (AvgIpc) is 3.26. The molecular weight excluding hydrogens is 408 g/mol. The standard InChI is InChI=1S/C34H22/c1-4-11-23(12-5-1)26-19-22-31-32-29(26)17-10-18-30(32)33-27(24-13-6-2-7-14-24)20-21-28(34(31)33)25-15-8-3-9-16-25/h1-22H. The van der Waals surface area contributed by atoms with Gasteiger partial charge in [0, 0.05) is 0 Å². The van der Waals surface area contributed by atoms with Gasteiger partial charge in [-0.25, -0.2) is 0 Å². The van der Waals surface area contributed by atoms with Crippen LogP contribution in [0, 0.1) is 0 Å². The van der Waals surface area contributed by atoms with E-state index in [0.29, 0.717) is 0 Å². The van der Waals surface area contributed by atoms with Crippen molar-refractivity contribution in [3.8, 4) is 55.6 Å². The maximum atomic E-state index is 2.33. The molecule has 0 radical (unpaired) electrons. The molecule has 0 nitrogen and oxygen atoms in total. The molecule has 0 bridgehead atoms. The Balaban J connectivity index is 1.60. The number of rotatable bonds is 3. The van der Waals surface area contributed by atoms with Gasteiger partial charge in [-0.3, -0.25) is 0 Å². The van der Waals surface area contributed by atoms with Crippen LogP contribution < -0.4 is 0 Å². The molecule has 6 aromatic carbocycles. The molecule has 6 aromatic rings. The molecule has 0 aliphatic heterocycles. The molecule has 1 aliphatic rings. The van der Waals surface area contributed by atoms with Crippen molar-refractivity contribution >= 4 is 10.8 Å². The molecule has 158 valence electrons. The second-order valence-electron chi connectivity index (χ2n) is 8.90. The van der Waals surface area contributed by atoms with Gasteiger partial charge in [0.15, 0.2) is 0 Å². The number of fused-ring (bicyclic) bond motifs is 3. The monoisotopic (exact) mass is 430 g/mol. The van der Waals surface area contributed by atoms with Crippen molar-refractivity contribution in [2.45, 2.75) is 0 Å². The second kappa shape index (κ2) is 7.57. The average molecular weight is 431 g/mol. The van der Waals surface area contributed by atoms with Crippen molar-refractivity contribution in [3.05, 3.63) is 133 Å². The van der Waals surface area contributed by atoms with E-state index in [4.69, 9.17) is 0 Å². The topological polar surface area (TPSA) is 0 Å². The van der Waals surface area contributed by atoms with Crippen LogP contribution in [0.2, 0.25) is 0 Å². The summed E-state index contributed by atoms with van der Waals surface area (Å²) < 4.78 is 0. The zero-order valence-corrected chi connectivity index (χ0v) is 18.7. The third-order valence-electron chi connectivity index (χ3n) is 7.04. The lowest BCUT2D eigenvalue weighted by molar-refractivity contribution is 1.59. The zero-order valence-electron chi connectivity index (χ0n) is 18.7. The van der Waals surface area contributed by atoms with E-state index in [2.05, 4.69) is 133 Å². The molecule has 0 fully saturated rings. The van der Waals surface area contributed by atoms with E-state index in [-0.39, 0.29) is 0 Å². The van der Waals surface area contributed by atoms with Gasteiger partial charge in [0.05, 0.1) is 0 Å². The summed E-state index contributed by atoms with van der Waals surface area (Å²) in [4.78, 5) is 0. The van der Waals surface area contributed by atoms with Gasteiger partial charge in [-0.05, 0) is 66.4 Å². The molecule has 0 saturated carbocycles. The maximum Gasteiger partial charge on any atom is -0.00139 e. The molecule has 0 aromatic heterocycles. The van der Waals surface area contributed by atoms with Crippen LogP contribution in [-0.4, -0.2) is 0 Å². The van der Waals surface area contributed by atoms with Gasteiger partial charge >= 0.3 is 0 Å². The van der Waals surface area contributed by atoms with Crippen LogP contribution in [-0.2, 0) is 0 Å². The summed E-state index contributed by atoms with van der Waals surface area (Å²) in [6.45, 7) is 0. The van der Waals surface area contributed by atoms with E-state index in [9.17, 15) is 0 Å². The zero-order chi connectivity index (χ0) is 22.5. The van der Waals surface area contributed by atoms with Crippen LogP contribution in [0.25, 0.3) is 66.4 Å². The second-order valence-corrected chi connectivity index (χ2v) is 8.90. The molecule has 7 rings (SSSR count). The van der Waals surface area contributed by atoms with Crippen molar-refractivity contribution in [1.29, 1.82) is 0 Å². The smallest absolute Gasteiger partial charge is 0.00139 e. The van der Waals surface area contributed by atoms with Crippen LogP contribution >= 0.6 is 0 Å². The van der Waals surface area contributed by atoms with Crippen molar-refractivity contribution in [1.82, 2.24) is 0 Å². The minimum Gasteiger partial charge on any atom is -0.0622 e. The lowest BCUT2D eigenvalue weighted by Crippen LogP contribution is -1.89. The van der Waals surface area contributed by atoms with Crippen LogP contribution in [0.15, 0.2) is 133 Å². The van der Waals surface area contributed by atoms with Gasteiger partial charge in [-0.15, -0.1) is 0 Å². The molecule has 0 heteroatoms. The fourth-order valence-electron chi connectivity index (χ4n) is 5.57. The van der Waals surface area contributed by atoms with Crippen LogP contribution in [0.5, 0.6) is 0 Å². The first kappa shape index (κ1) is 19.1. The van der Waals surface area contributed by atoms with Gasteiger partial charge in [-0.2, -0.15) is 0 Å². The van der Waals surface area contributed by atoms with E-state index in [1.807, 2.05) is 0 Å². The Bertz CT molecular complexity index is 1590. The molecule has 0 N–H and O–H groups in total. The van der Waals surface area contributed by atoms with Crippen LogP contribution in [0.4, 0.5) is 0 Å². The van der Waals surface area contributed by atoms with Gasteiger partial charge in [0.25, 0.3) is 0 Å². The Labute approximate surface area is 199 Å². The lowest BCUT2D eigenvalue weighted by atomic mass is 9.88. The predicted octanol–water partition coefficient (Wildman–Crippen LogP) is 9.49. The number of benzene rings is 6. The first-order chi connectivity index (χ1) is 16.9.